The van der Waals surface area contributed by atoms with E-state index >= 15 is 0 Å². The monoisotopic (exact) mass is 183 g/mol. The van der Waals surface area contributed by atoms with Crippen LogP contribution in [0.1, 0.15) is 53.9 Å². The molecular weight excluding hydrogens is 158 g/mol. The summed E-state index contributed by atoms with van der Waals surface area (Å²) in [6.07, 6.45) is 3.87. The van der Waals surface area contributed by atoms with Crippen molar-refractivity contribution in [3.63, 3.8) is 0 Å². The highest BCUT2D eigenvalue weighted by molar-refractivity contribution is 5.09. The van der Waals surface area contributed by atoms with Crippen molar-refractivity contribution in [1.82, 2.24) is 5.32 Å². The molecule has 0 radical (unpaired) electrons. The highest BCUT2D eigenvalue weighted by Crippen LogP contribution is 2.56. The van der Waals surface area contributed by atoms with E-state index in [9.17, 15) is 0 Å². The Hall–Kier alpha value is -0.0400. The van der Waals surface area contributed by atoms with Gasteiger partial charge in [0.2, 0.25) is 0 Å². The van der Waals surface area contributed by atoms with Gasteiger partial charge in [-0.05, 0) is 37.1 Å². The SMILES string of the molecule is CCC1(NC)CC(C)(C)CC1(C)C. The summed E-state index contributed by atoms with van der Waals surface area (Å²) >= 11 is 0. The summed E-state index contributed by atoms with van der Waals surface area (Å²) in [6.45, 7) is 11.9. The topological polar surface area (TPSA) is 12.0 Å². The van der Waals surface area contributed by atoms with Gasteiger partial charge < -0.3 is 5.32 Å². The predicted octanol–water partition coefficient (Wildman–Crippen LogP) is 3.20. The molecule has 1 unspecified atom stereocenters. The van der Waals surface area contributed by atoms with Gasteiger partial charge in [0.1, 0.15) is 0 Å². The lowest BCUT2D eigenvalue weighted by Gasteiger charge is -2.41. The minimum atomic E-state index is 0.358. The van der Waals surface area contributed by atoms with Gasteiger partial charge in [-0.2, -0.15) is 0 Å². The number of hydrogen-bond acceptors (Lipinski definition) is 1. The largest absolute Gasteiger partial charge is 0.314 e. The lowest BCUT2D eigenvalue weighted by atomic mass is 9.73. The third-order valence-electron chi connectivity index (χ3n) is 4.08. The van der Waals surface area contributed by atoms with Crippen LogP contribution in [0.4, 0.5) is 0 Å². The fourth-order valence-electron chi connectivity index (χ4n) is 3.69. The zero-order valence-corrected chi connectivity index (χ0v) is 10.1. The Bertz CT molecular complexity index is 187. The molecule has 1 fully saturated rings. The minimum absolute atomic E-state index is 0.358. The molecule has 0 aliphatic heterocycles. The lowest BCUT2D eigenvalue weighted by molar-refractivity contribution is 0.161. The maximum Gasteiger partial charge on any atom is 0.0232 e. The summed E-state index contributed by atoms with van der Waals surface area (Å²) in [5.74, 6) is 0. The van der Waals surface area contributed by atoms with Crippen molar-refractivity contribution < 1.29 is 0 Å². The molecule has 0 bridgehead atoms. The first-order valence-corrected chi connectivity index (χ1v) is 5.47. The van der Waals surface area contributed by atoms with E-state index in [1.165, 1.54) is 19.3 Å². The van der Waals surface area contributed by atoms with E-state index in [0.29, 0.717) is 16.4 Å². The molecule has 0 aromatic heterocycles. The molecule has 13 heavy (non-hydrogen) atoms. The Kier molecular flexibility index (Phi) is 2.53. The van der Waals surface area contributed by atoms with Gasteiger partial charge in [0.05, 0.1) is 0 Å². The molecule has 1 aliphatic rings. The van der Waals surface area contributed by atoms with Crippen LogP contribution in [0.2, 0.25) is 0 Å². The van der Waals surface area contributed by atoms with Gasteiger partial charge in [-0.1, -0.05) is 34.6 Å². The van der Waals surface area contributed by atoms with Gasteiger partial charge >= 0.3 is 0 Å². The smallest absolute Gasteiger partial charge is 0.0232 e. The quantitative estimate of drug-likeness (QED) is 0.693. The molecule has 1 N–H and O–H groups in total. The molecule has 1 heteroatoms. The van der Waals surface area contributed by atoms with E-state index < -0.39 is 0 Å². The van der Waals surface area contributed by atoms with Gasteiger partial charge in [-0.15, -0.1) is 0 Å². The van der Waals surface area contributed by atoms with Gasteiger partial charge in [0, 0.05) is 5.54 Å². The van der Waals surface area contributed by atoms with Crippen molar-refractivity contribution in [1.29, 1.82) is 0 Å². The molecular formula is C12H25N. The fraction of sp³-hybridized carbons (Fsp3) is 1.00. The van der Waals surface area contributed by atoms with Crippen molar-refractivity contribution in [3.8, 4) is 0 Å². The van der Waals surface area contributed by atoms with Crippen LogP contribution in [0.15, 0.2) is 0 Å². The first-order valence-electron chi connectivity index (χ1n) is 5.47. The zero-order valence-electron chi connectivity index (χ0n) is 10.1. The highest BCUT2D eigenvalue weighted by Gasteiger charge is 2.53. The van der Waals surface area contributed by atoms with Crippen LogP contribution < -0.4 is 5.32 Å². The summed E-state index contributed by atoms with van der Waals surface area (Å²) in [5, 5.41) is 3.57. The standard InChI is InChI=1S/C12H25N/c1-7-12(13-6)9-10(2,3)8-11(12,4)5/h13H,7-9H2,1-6H3. The summed E-state index contributed by atoms with van der Waals surface area (Å²) < 4.78 is 0. The van der Waals surface area contributed by atoms with Crippen LogP contribution in [-0.2, 0) is 0 Å². The Morgan fingerprint density at radius 3 is 1.77 bits per heavy atom. The summed E-state index contributed by atoms with van der Waals surface area (Å²) in [4.78, 5) is 0. The van der Waals surface area contributed by atoms with E-state index in [1.54, 1.807) is 0 Å². The summed E-state index contributed by atoms with van der Waals surface area (Å²) in [5.41, 5.74) is 1.29. The molecule has 1 rings (SSSR count). The summed E-state index contributed by atoms with van der Waals surface area (Å²) in [6, 6.07) is 0. The van der Waals surface area contributed by atoms with E-state index in [1.807, 2.05) is 0 Å². The highest BCUT2D eigenvalue weighted by atomic mass is 15.0. The molecule has 0 amide bonds. The predicted molar refractivity (Wildman–Crippen MR) is 58.9 cm³/mol. The number of hydrogen-bond donors (Lipinski definition) is 1. The molecule has 1 aliphatic carbocycles. The van der Waals surface area contributed by atoms with E-state index in [0.717, 1.165) is 0 Å². The summed E-state index contributed by atoms with van der Waals surface area (Å²) in [7, 11) is 2.12. The van der Waals surface area contributed by atoms with Crippen LogP contribution in [0.5, 0.6) is 0 Å². The van der Waals surface area contributed by atoms with Gasteiger partial charge in [-0.25, -0.2) is 0 Å². The second-order valence-corrected chi connectivity index (χ2v) is 6.09. The average Bonchev–Trinajstić information content (AvgIpc) is 2.15. The van der Waals surface area contributed by atoms with Crippen LogP contribution in [0, 0.1) is 10.8 Å². The van der Waals surface area contributed by atoms with Crippen molar-refractivity contribution in [2.24, 2.45) is 10.8 Å². The normalized spacial score (nSPS) is 36.5. The molecule has 0 saturated heterocycles. The Morgan fingerprint density at radius 2 is 1.62 bits per heavy atom. The van der Waals surface area contributed by atoms with Crippen molar-refractivity contribution >= 4 is 0 Å². The zero-order chi connectivity index (χ0) is 10.3. The van der Waals surface area contributed by atoms with Crippen LogP contribution in [-0.4, -0.2) is 12.6 Å². The lowest BCUT2D eigenvalue weighted by Crippen LogP contribution is -2.50. The van der Waals surface area contributed by atoms with Crippen LogP contribution in [0.25, 0.3) is 0 Å². The molecule has 0 spiro atoms. The maximum absolute atomic E-state index is 3.57. The maximum atomic E-state index is 3.57. The Balaban J connectivity index is 2.98. The Morgan fingerprint density at radius 1 is 1.08 bits per heavy atom. The van der Waals surface area contributed by atoms with Gasteiger partial charge in [0.15, 0.2) is 0 Å². The first kappa shape index (κ1) is 11.0. The third kappa shape index (κ3) is 1.63. The molecule has 0 heterocycles. The van der Waals surface area contributed by atoms with Gasteiger partial charge in [0.25, 0.3) is 0 Å². The fourth-order valence-corrected chi connectivity index (χ4v) is 3.69. The minimum Gasteiger partial charge on any atom is -0.314 e. The molecule has 0 aromatic rings. The first-order chi connectivity index (χ1) is 5.79. The molecule has 1 saturated carbocycles. The van der Waals surface area contributed by atoms with Gasteiger partial charge in [-0.3, -0.25) is 0 Å². The van der Waals surface area contributed by atoms with Crippen molar-refractivity contribution in [2.75, 3.05) is 7.05 Å². The van der Waals surface area contributed by atoms with E-state index in [-0.39, 0.29) is 0 Å². The second kappa shape index (κ2) is 2.98. The van der Waals surface area contributed by atoms with Crippen molar-refractivity contribution in [3.05, 3.63) is 0 Å². The molecule has 1 atom stereocenters. The molecule has 1 nitrogen and oxygen atoms in total. The Labute approximate surface area is 83.3 Å². The van der Waals surface area contributed by atoms with Crippen LogP contribution >= 0.6 is 0 Å². The van der Waals surface area contributed by atoms with E-state index in [4.69, 9.17) is 0 Å². The third-order valence-corrected chi connectivity index (χ3v) is 4.08. The molecule has 0 aromatic carbocycles. The van der Waals surface area contributed by atoms with E-state index in [2.05, 4.69) is 47.0 Å². The second-order valence-electron chi connectivity index (χ2n) is 6.09. The van der Waals surface area contributed by atoms with Crippen molar-refractivity contribution in [2.45, 2.75) is 59.4 Å². The van der Waals surface area contributed by atoms with Crippen LogP contribution in [0.3, 0.4) is 0 Å². The average molecular weight is 183 g/mol. The molecule has 78 valence electrons. The number of nitrogens with one attached hydrogen (secondary N) is 1. The number of rotatable bonds is 2.